The minimum atomic E-state index is -0.612. The van der Waals surface area contributed by atoms with Crippen molar-refractivity contribution in [2.75, 3.05) is 0 Å². The summed E-state index contributed by atoms with van der Waals surface area (Å²) < 4.78 is 5.73. The maximum atomic E-state index is 11.8. The minimum absolute atomic E-state index is 0.298. The maximum absolute atomic E-state index is 11.8. The largest absolute Gasteiger partial charge is 0.456 e. The van der Waals surface area contributed by atoms with Gasteiger partial charge in [0.15, 0.2) is 0 Å². The van der Waals surface area contributed by atoms with E-state index >= 15 is 0 Å². The van der Waals surface area contributed by atoms with Gasteiger partial charge in [-0.2, -0.15) is 0 Å². The van der Waals surface area contributed by atoms with Crippen LogP contribution >= 0.6 is 0 Å². The first-order chi connectivity index (χ1) is 8.34. The average molecular weight is 250 g/mol. The molecule has 4 fully saturated rings. The Morgan fingerprint density at radius 1 is 1.39 bits per heavy atom. The van der Waals surface area contributed by atoms with Crippen molar-refractivity contribution in [3.63, 3.8) is 0 Å². The summed E-state index contributed by atoms with van der Waals surface area (Å²) in [5.74, 6) is 1.07. The highest BCUT2D eigenvalue weighted by molar-refractivity contribution is 5.87. The predicted molar refractivity (Wildman–Crippen MR) is 67.8 cm³/mol. The van der Waals surface area contributed by atoms with Gasteiger partial charge in [-0.1, -0.05) is 13.5 Å². The van der Waals surface area contributed by atoms with E-state index < -0.39 is 11.2 Å². The summed E-state index contributed by atoms with van der Waals surface area (Å²) in [6, 6.07) is 0. The smallest absolute Gasteiger partial charge is 0.333 e. The van der Waals surface area contributed by atoms with Crippen molar-refractivity contribution in [1.82, 2.24) is 0 Å². The number of ether oxygens (including phenoxy) is 1. The first kappa shape index (κ1) is 12.2. The molecular weight excluding hydrogens is 228 g/mol. The van der Waals surface area contributed by atoms with Crippen molar-refractivity contribution in [2.45, 2.75) is 57.2 Å². The summed E-state index contributed by atoms with van der Waals surface area (Å²) in [7, 11) is 0. The molecule has 5 atom stereocenters. The molecule has 4 aliphatic rings. The fourth-order valence-corrected chi connectivity index (χ4v) is 4.68. The summed E-state index contributed by atoms with van der Waals surface area (Å²) in [6.45, 7) is 7.48. The number of esters is 1. The molecule has 0 aliphatic heterocycles. The minimum Gasteiger partial charge on any atom is -0.456 e. The maximum Gasteiger partial charge on any atom is 0.333 e. The van der Waals surface area contributed by atoms with E-state index in [1.165, 1.54) is 6.42 Å². The van der Waals surface area contributed by atoms with Crippen LogP contribution in [0.15, 0.2) is 12.2 Å². The third-order valence-corrected chi connectivity index (χ3v) is 5.41. The molecule has 0 radical (unpaired) electrons. The molecule has 0 aromatic rings. The Labute approximate surface area is 108 Å². The third kappa shape index (κ3) is 1.63. The molecule has 0 aromatic heterocycles. The van der Waals surface area contributed by atoms with Crippen LogP contribution < -0.4 is 0 Å². The molecule has 1 N–H and O–H groups in total. The van der Waals surface area contributed by atoms with Gasteiger partial charge in [0.25, 0.3) is 0 Å². The van der Waals surface area contributed by atoms with E-state index in [0.29, 0.717) is 29.7 Å². The molecule has 4 saturated carbocycles. The van der Waals surface area contributed by atoms with Gasteiger partial charge in [-0.3, -0.25) is 0 Å². The second-order valence-corrected chi connectivity index (χ2v) is 6.90. The molecule has 0 amide bonds. The van der Waals surface area contributed by atoms with E-state index in [4.69, 9.17) is 4.74 Å². The van der Waals surface area contributed by atoms with Crippen molar-refractivity contribution in [3.8, 4) is 0 Å². The van der Waals surface area contributed by atoms with Crippen molar-refractivity contribution < 1.29 is 14.6 Å². The molecule has 3 nitrogen and oxygen atoms in total. The van der Waals surface area contributed by atoms with E-state index in [2.05, 4.69) is 13.5 Å². The molecule has 3 heteroatoms. The first-order valence-corrected chi connectivity index (χ1v) is 6.95. The third-order valence-electron chi connectivity index (χ3n) is 5.41. The lowest BCUT2D eigenvalue weighted by Gasteiger charge is -2.62. The van der Waals surface area contributed by atoms with Gasteiger partial charge in [0.05, 0.1) is 5.60 Å². The number of hydrogen-bond donors (Lipinski definition) is 1. The molecule has 4 unspecified atom stereocenters. The lowest BCUT2D eigenvalue weighted by Crippen LogP contribution is -2.64. The summed E-state index contributed by atoms with van der Waals surface area (Å²) in [5.41, 5.74) is -0.575. The SMILES string of the molecule is C=C(C)C(=O)OC12CC3CC(C1)[C@H](C)C(O)(C3)C2. The lowest BCUT2D eigenvalue weighted by atomic mass is 9.48. The average Bonchev–Trinajstić information content (AvgIpc) is 2.23. The Morgan fingerprint density at radius 2 is 2.11 bits per heavy atom. The van der Waals surface area contributed by atoms with Crippen molar-refractivity contribution >= 4 is 5.97 Å². The van der Waals surface area contributed by atoms with Gasteiger partial charge < -0.3 is 9.84 Å². The number of rotatable bonds is 2. The van der Waals surface area contributed by atoms with Crippen molar-refractivity contribution in [3.05, 3.63) is 12.2 Å². The fourth-order valence-electron chi connectivity index (χ4n) is 4.68. The molecule has 4 rings (SSSR count). The molecule has 0 spiro atoms. The summed E-state index contributed by atoms with van der Waals surface area (Å²) in [4.78, 5) is 11.8. The van der Waals surface area contributed by atoms with Crippen LogP contribution in [0.5, 0.6) is 0 Å². The van der Waals surface area contributed by atoms with E-state index in [9.17, 15) is 9.90 Å². The molecular formula is C15H22O3. The van der Waals surface area contributed by atoms with Crippen LogP contribution in [0.25, 0.3) is 0 Å². The number of aliphatic hydroxyl groups is 1. The molecule has 100 valence electrons. The lowest BCUT2D eigenvalue weighted by molar-refractivity contribution is -0.238. The normalized spacial score (nSPS) is 49.2. The Hall–Kier alpha value is -0.830. The van der Waals surface area contributed by atoms with Crippen LogP contribution in [-0.2, 0) is 9.53 Å². The Balaban J connectivity index is 1.87. The second kappa shape index (κ2) is 3.60. The van der Waals surface area contributed by atoms with E-state index in [-0.39, 0.29) is 5.97 Å². The Kier molecular flexibility index (Phi) is 2.44. The molecule has 0 saturated heterocycles. The summed E-state index contributed by atoms with van der Waals surface area (Å²) in [5, 5.41) is 10.8. The topological polar surface area (TPSA) is 46.5 Å². The van der Waals surface area contributed by atoms with Gasteiger partial charge in [-0.15, -0.1) is 0 Å². The van der Waals surface area contributed by atoms with E-state index in [1.807, 2.05) is 0 Å². The Bertz CT molecular complexity index is 416. The van der Waals surface area contributed by atoms with Gasteiger partial charge in [-0.05, 0) is 50.4 Å². The fraction of sp³-hybridized carbons (Fsp3) is 0.800. The van der Waals surface area contributed by atoms with Gasteiger partial charge in [0, 0.05) is 12.0 Å². The Morgan fingerprint density at radius 3 is 2.72 bits per heavy atom. The summed E-state index contributed by atoms with van der Waals surface area (Å²) >= 11 is 0. The highest BCUT2D eigenvalue weighted by Gasteiger charge is 2.62. The predicted octanol–water partition coefficient (Wildman–Crippen LogP) is 2.44. The zero-order valence-corrected chi connectivity index (χ0v) is 11.2. The van der Waals surface area contributed by atoms with Crippen LogP contribution in [0.1, 0.15) is 46.0 Å². The number of hydrogen-bond acceptors (Lipinski definition) is 3. The molecule has 0 heterocycles. The molecule has 4 aliphatic carbocycles. The van der Waals surface area contributed by atoms with Gasteiger partial charge >= 0.3 is 5.97 Å². The van der Waals surface area contributed by atoms with Gasteiger partial charge in [-0.25, -0.2) is 4.79 Å². The second-order valence-electron chi connectivity index (χ2n) is 6.90. The van der Waals surface area contributed by atoms with E-state index in [1.54, 1.807) is 6.92 Å². The quantitative estimate of drug-likeness (QED) is 0.605. The molecule has 0 aromatic carbocycles. The van der Waals surface area contributed by atoms with Gasteiger partial charge in [0.1, 0.15) is 5.60 Å². The number of carbonyl (C=O) groups is 1. The number of carbonyl (C=O) groups excluding carboxylic acids is 1. The van der Waals surface area contributed by atoms with Crippen LogP contribution in [-0.4, -0.2) is 22.3 Å². The standard InChI is InChI=1S/C15H22O3/c1-9(2)13(16)18-14-5-11-4-12(7-14)10(3)15(17,6-11)8-14/h10-12,17H,1,4-8H2,2-3H3/t10-,11?,12?,14?,15?/m0/s1. The summed E-state index contributed by atoms with van der Waals surface area (Å²) in [6.07, 6.45) is 4.55. The zero-order chi connectivity index (χ0) is 13.1. The van der Waals surface area contributed by atoms with Crippen molar-refractivity contribution in [2.24, 2.45) is 17.8 Å². The first-order valence-electron chi connectivity index (χ1n) is 6.95. The molecule has 4 bridgehead atoms. The van der Waals surface area contributed by atoms with Crippen LogP contribution in [0.4, 0.5) is 0 Å². The highest BCUT2D eigenvalue weighted by atomic mass is 16.6. The van der Waals surface area contributed by atoms with Crippen molar-refractivity contribution in [1.29, 1.82) is 0 Å². The molecule has 18 heavy (non-hydrogen) atoms. The van der Waals surface area contributed by atoms with Crippen LogP contribution in [0.3, 0.4) is 0 Å². The zero-order valence-electron chi connectivity index (χ0n) is 11.2. The van der Waals surface area contributed by atoms with Crippen LogP contribution in [0, 0.1) is 17.8 Å². The van der Waals surface area contributed by atoms with Crippen LogP contribution in [0.2, 0.25) is 0 Å². The van der Waals surface area contributed by atoms with Gasteiger partial charge in [0.2, 0.25) is 0 Å². The highest BCUT2D eigenvalue weighted by Crippen LogP contribution is 2.61. The monoisotopic (exact) mass is 250 g/mol. The van der Waals surface area contributed by atoms with E-state index in [0.717, 1.165) is 19.3 Å².